The third kappa shape index (κ3) is 24.5. The first kappa shape index (κ1) is 91.0. The number of aryl methyl sites for hydroxylation is 6. The summed E-state index contributed by atoms with van der Waals surface area (Å²) in [6.07, 6.45) is 25.1. The number of unbranched alkanes of at least 4 members (excludes halogenated alkanes) is 1. The van der Waals surface area contributed by atoms with Gasteiger partial charge in [0.2, 0.25) is 29.7 Å². The molecule has 650 valence electrons. The van der Waals surface area contributed by atoms with E-state index in [9.17, 15) is 0 Å². The molecule has 126 heavy (non-hydrogen) atoms. The third-order valence-electron chi connectivity index (χ3n) is 22.0. The summed E-state index contributed by atoms with van der Waals surface area (Å²) in [5.74, 6) is 3.32. The number of likely N-dealkylation sites (tertiary alicyclic amines) is 1. The molecule has 0 aliphatic carbocycles. The maximum Gasteiger partial charge on any atom is 0.237 e. The number of fused-ring (bicyclic) bond motifs is 12. The highest BCUT2D eigenvalue weighted by atomic mass is 35.5. The van der Waals surface area contributed by atoms with Gasteiger partial charge in [-0.05, 0) is 274 Å². The number of thiocarbonyl (C=S) groups is 4. The minimum Gasteiger partial charge on any atom is -0.480 e. The summed E-state index contributed by atoms with van der Waals surface area (Å²) >= 11 is 34.4. The normalized spacial score (nSPS) is 13.7. The summed E-state index contributed by atoms with van der Waals surface area (Å²) in [6, 6.07) is 36.5. The van der Waals surface area contributed by atoms with Gasteiger partial charge in [-0.15, -0.1) is 0 Å². The topological polar surface area (TPSA) is 273 Å². The van der Waals surface area contributed by atoms with Gasteiger partial charge in [0.25, 0.3) is 0 Å². The fourth-order valence-electron chi connectivity index (χ4n) is 15.4. The molecule has 0 saturated carbocycles. The number of piperidine rings is 1. The molecule has 8 aromatic heterocycles. The van der Waals surface area contributed by atoms with E-state index in [0.717, 1.165) is 214 Å². The molecule has 0 amide bonds. The Morgan fingerprint density at radius 2 is 0.841 bits per heavy atom. The second-order valence-electron chi connectivity index (χ2n) is 33.2. The van der Waals surface area contributed by atoms with Crippen LogP contribution in [-0.4, -0.2) is 189 Å². The molecule has 13 heterocycles. The standard InChI is InChI=1S/C25H27ClN6S.C25H30N6S.C23H25ClN6OS.C22H24N6S/c1-15-21(6-4-19(28-15)11-16-7-9-32(2)10-8-16)30-25-27-14-17-12-23(33)29-22-13-18(26)3-5-20(22)24(17)31-25;1-16-8-10-20-22(13-16)28-23(32)14-18-15-26-25(30-24(18)20)29-21-11-9-19(27-17(21)2)7-5-6-12-31(3)4;1-30(2)8-4-5-14-9-19(22(31-3)25-12-14)28-23-26-13-15-10-20(32)27-18-11-16(24)6-7-17(18)21(15)29-23;1-14-4-5-18-19(8-14)26-20(29)10-16-12-24-22(27-21(16)18)25-17-9-15(11-23-13-17)6-7-28(2)3/h3-6,13-14,16H,7-12H2,1-2H3,(H,29,33)(H,27,30,31);8-11,13,15H,5-7,12,14H2,1-4H3,(H,28,32)(H,26,29,30);6-7,9,11-13H,4-5,8,10H2,1-3H3,(H,27,32)(H,26,28,29);4-5,8-9,11-13H,6-7,10H2,1-3H3,(H,26,29)(H,24,25,27). The number of pyridine rings is 4. The van der Waals surface area contributed by atoms with Crippen LogP contribution in [-0.2, 0) is 51.4 Å². The van der Waals surface area contributed by atoms with Crippen LogP contribution in [0.5, 0.6) is 5.88 Å². The van der Waals surface area contributed by atoms with E-state index < -0.39 is 0 Å². The van der Waals surface area contributed by atoms with Crippen molar-refractivity contribution in [1.82, 2.24) is 79.4 Å². The fraction of sp³-hybridized carbons (Fsp3) is 0.326. The number of nitrogens with zero attached hydrogens (tertiary/aromatic N) is 16. The van der Waals surface area contributed by atoms with Gasteiger partial charge in [-0.2, -0.15) is 0 Å². The highest BCUT2D eigenvalue weighted by molar-refractivity contribution is 7.81. The summed E-state index contributed by atoms with van der Waals surface area (Å²) in [5.41, 5.74) is 27.4. The van der Waals surface area contributed by atoms with Crippen molar-refractivity contribution in [1.29, 1.82) is 0 Å². The van der Waals surface area contributed by atoms with Crippen LogP contribution in [0.15, 0.2) is 153 Å². The summed E-state index contributed by atoms with van der Waals surface area (Å²) in [6.45, 7) is 13.6. The van der Waals surface area contributed by atoms with E-state index in [1.807, 2.05) is 93.5 Å². The van der Waals surface area contributed by atoms with Gasteiger partial charge in [-0.25, -0.2) is 44.9 Å². The van der Waals surface area contributed by atoms with Gasteiger partial charge in [0.1, 0.15) is 5.69 Å². The van der Waals surface area contributed by atoms with E-state index in [1.54, 1.807) is 13.3 Å². The molecule has 1 saturated heterocycles. The Balaban J connectivity index is 0.000000136. The zero-order valence-corrected chi connectivity index (χ0v) is 78.0. The number of hydrogen-bond donors (Lipinski definition) is 8. The molecule has 12 aromatic rings. The van der Waals surface area contributed by atoms with Crippen LogP contribution in [0.2, 0.25) is 10.0 Å². The van der Waals surface area contributed by atoms with Crippen molar-refractivity contribution in [2.45, 2.75) is 111 Å². The zero-order chi connectivity index (χ0) is 88.7. The molecule has 0 spiro atoms. The summed E-state index contributed by atoms with van der Waals surface area (Å²) in [5, 5.41) is 27.8. The van der Waals surface area contributed by atoms with Crippen LogP contribution in [0.3, 0.4) is 0 Å². The lowest BCUT2D eigenvalue weighted by Gasteiger charge is -2.28. The predicted molar refractivity (Wildman–Crippen MR) is 530 cm³/mol. The smallest absolute Gasteiger partial charge is 0.237 e. The lowest BCUT2D eigenvalue weighted by atomic mass is 9.92. The quantitative estimate of drug-likeness (QED) is 0.0218. The Hall–Kier alpha value is -11.2. The van der Waals surface area contributed by atoms with Gasteiger partial charge >= 0.3 is 0 Å². The lowest BCUT2D eigenvalue weighted by molar-refractivity contribution is 0.218. The molecule has 31 heteroatoms. The molecule has 8 N–H and O–H groups in total. The minimum absolute atomic E-state index is 0.461. The number of benzene rings is 4. The van der Waals surface area contributed by atoms with Gasteiger partial charge in [-0.3, -0.25) is 15.0 Å². The Morgan fingerprint density at radius 3 is 1.30 bits per heavy atom. The molecular weight excluding hydrogens is 1690 g/mol. The van der Waals surface area contributed by atoms with Crippen molar-refractivity contribution < 1.29 is 4.74 Å². The van der Waals surface area contributed by atoms with Gasteiger partial charge in [0.15, 0.2) is 0 Å². The van der Waals surface area contributed by atoms with Crippen LogP contribution in [0.25, 0.3) is 45.0 Å². The number of rotatable bonds is 23. The van der Waals surface area contributed by atoms with Gasteiger partial charge < -0.3 is 66.9 Å². The number of halogens is 2. The Bertz CT molecular complexity index is 6010. The third-order valence-corrected chi connectivity index (χ3v) is 23.5. The molecule has 5 aliphatic heterocycles. The zero-order valence-electron chi connectivity index (χ0n) is 73.2. The average molecular weight is 1800 g/mol. The van der Waals surface area contributed by atoms with Crippen LogP contribution in [0.4, 0.5) is 69.3 Å². The number of ether oxygens (including phenoxy) is 1. The average Bonchev–Trinajstić information content (AvgIpc) is 1.60. The number of methoxy groups -OCH3 is 1. The van der Waals surface area contributed by atoms with Crippen LogP contribution in [0, 0.1) is 33.6 Å². The second kappa shape index (κ2) is 42.4. The summed E-state index contributed by atoms with van der Waals surface area (Å²) in [7, 11) is 16.3. The van der Waals surface area contributed by atoms with E-state index in [-0.39, 0.29) is 0 Å². The SMILES string of the molecule is COc1ncc(CCCN(C)C)cc1Nc1ncc2c(n1)-c1ccc(Cl)cc1NC(=S)C2.Cc1ccc2c(c1)NC(=S)Cc1cnc(Nc3ccc(CCCCN(C)C)nc3C)nc1-2.Cc1ccc2c(c1)NC(=S)Cc1cnc(Nc3cncc(CCN(C)C)c3)nc1-2.Cc1nc(CC2CCN(C)CC2)ccc1Nc1ncc2c(n1)-c1ccc(Cl)cc1NC(=S)C2. The van der Waals surface area contributed by atoms with E-state index in [2.05, 4.69) is 222 Å². The minimum atomic E-state index is 0.461. The fourth-order valence-corrected chi connectivity index (χ4v) is 16.8. The first-order valence-corrected chi connectivity index (χ1v) is 44.7. The molecule has 0 atom stereocenters. The summed E-state index contributed by atoms with van der Waals surface area (Å²) in [4.78, 5) is 67.9. The Labute approximate surface area is 769 Å². The number of anilines is 12. The van der Waals surface area contributed by atoms with Crippen molar-refractivity contribution in [3.63, 3.8) is 0 Å². The van der Waals surface area contributed by atoms with Crippen LogP contribution >= 0.6 is 72.1 Å². The molecule has 25 nitrogen and oxygen atoms in total. The molecule has 0 unspecified atom stereocenters. The van der Waals surface area contributed by atoms with Crippen molar-refractivity contribution >= 4 is 161 Å². The Morgan fingerprint density at radius 1 is 0.421 bits per heavy atom. The van der Waals surface area contributed by atoms with Crippen molar-refractivity contribution in [3.8, 4) is 50.9 Å². The van der Waals surface area contributed by atoms with Gasteiger partial charge in [0.05, 0.1) is 84.5 Å². The largest absolute Gasteiger partial charge is 0.480 e. The molecular formula is C95H106Cl2N24OS4. The predicted octanol–water partition coefficient (Wildman–Crippen LogP) is 19.2. The molecule has 1 fully saturated rings. The van der Waals surface area contributed by atoms with Crippen molar-refractivity contribution in [2.24, 2.45) is 5.92 Å². The van der Waals surface area contributed by atoms with Crippen molar-refractivity contribution in [3.05, 3.63) is 230 Å². The number of aromatic nitrogens is 12. The molecule has 0 bridgehead atoms. The van der Waals surface area contributed by atoms with Crippen LogP contribution < -0.4 is 47.3 Å². The Kier molecular flexibility index (Phi) is 30.6. The highest BCUT2D eigenvalue weighted by Crippen LogP contribution is 2.41. The van der Waals surface area contributed by atoms with Gasteiger partial charge in [0, 0.05) is 158 Å². The lowest BCUT2D eigenvalue weighted by Crippen LogP contribution is -2.31. The summed E-state index contributed by atoms with van der Waals surface area (Å²) < 4.78 is 5.45. The first-order chi connectivity index (χ1) is 60.7. The maximum atomic E-state index is 6.20. The number of hydrogen-bond acceptors (Lipinski definition) is 25. The van der Waals surface area contributed by atoms with E-state index >= 15 is 0 Å². The van der Waals surface area contributed by atoms with E-state index in [4.69, 9.17) is 107 Å². The van der Waals surface area contributed by atoms with Crippen molar-refractivity contribution in [2.75, 3.05) is 132 Å². The maximum absolute atomic E-state index is 6.20. The highest BCUT2D eigenvalue weighted by Gasteiger charge is 2.27. The molecule has 17 rings (SSSR count). The monoisotopic (exact) mass is 1800 g/mol. The first-order valence-electron chi connectivity index (χ1n) is 42.3. The molecule has 0 radical (unpaired) electrons. The second-order valence-corrected chi connectivity index (χ2v) is 36.0. The van der Waals surface area contributed by atoms with Crippen LogP contribution in [0.1, 0.15) is 99.4 Å². The number of nitrogens with one attached hydrogen (secondary N) is 8. The molecule has 5 aliphatic rings. The van der Waals surface area contributed by atoms with E-state index in [0.29, 0.717) is 76.3 Å². The number of likely N-dealkylation sites (N-methyl/N-ethyl adjacent to an activating group) is 1. The molecule has 4 aromatic carbocycles. The van der Waals surface area contributed by atoms with Gasteiger partial charge in [-0.1, -0.05) is 96.3 Å². The van der Waals surface area contributed by atoms with E-state index in [1.165, 1.54) is 49.0 Å².